The normalized spacial score (nSPS) is 12.6. The van der Waals surface area contributed by atoms with Crippen molar-refractivity contribution in [3.05, 3.63) is 48.0 Å². The van der Waals surface area contributed by atoms with Crippen molar-refractivity contribution in [2.24, 2.45) is 0 Å². The van der Waals surface area contributed by atoms with Crippen LogP contribution in [-0.2, 0) is 6.54 Å². The number of nitrogens with one attached hydrogen (secondary N) is 1. The Labute approximate surface area is 108 Å². The molecule has 96 valence electrons. The zero-order valence-electron chi connectivity index (χ0n) is 11.0. The summed E-state index contributed by atoms with van der Waals surface area (Å²) in [6, 6.07) is 8.20. The van der Waals surface area contributed by atoms with Crippen LogP contribution in [0.5, 0.6) is 0 Å². The third kappa shape index (κ3) is 2.76. The van der Waals surface area contributed by atoms with Crippen LogP contribution in [0.1, 0.15) is 37.7 Å². The van der Waals surface area contributed by atoms with Gasteiger partial charge >= 0.3 is 0 Å². The van der Waals surface area contributed by atoms with Gasteiger partial charge < -0.3 is 5.32 Å². The van der Waals surface area contributed by atoms with Gasteiger partial charge in [-0.3, -0.25) is 9.67 Å². The standard InChI is InChI=1S/C14H20N4/c1-3-9-16-14(12-7-5-6-10-15-12)13-8-11-17-18(13)4-2/h5-8,10-11,14,16H,3-4,9H2,1-2H3. The van der Waals surface area contributed by atoms with Crippen LogP contribution in [-0.4, -0.2) is 21.3 Å². The van der Waals surface area contributed by atoms with Crippen molar-refractivity contribution in [2.45, 2.75) is 32.9 Å². The fraction of sp³-hybridized carbons (Fsp3) is 0.429. The maximum Gasteiger partial charge on any atom is 0.0921 e. The van der Waals surface area contributed by atoms with Gasteiger partial charge in [-0.15, -0.1) is 0 Å². The summed E-state index contributed by atoms with van der Waals surface area (Å²) in [4.78, 5) is 4.46. The lowest BCUT2D eigenvalue weighted by molar-refractivity contribution is 0.522. The van der Waals surface area contributed by atoms with Crippen molar-refractivity contribution in [2.75, 3.05) is 6.54 Å². The third-order valence-corrected chi connectivity index (χ3v) is 2.93. The summed E-state index contributed by atoms with van der Waals surface area (Å²) in [5, 5.41) is 7.88. The van der Waals surface area contributed by atoms with Gasteiger partial charge in [0.15, 0.2) is 0 Å². The maximum atomic E-state index is 4.46. The molecule has 0 saturated carbocycles. The SMILES string of the molecule is CCCNC(c1ccccn1)c1ccnn1CC. The van der Waals surface area contributed by atoms with E-state index in [1.807, 2.05) is 29.2 Å². The van der Waals surface area contributed by atoms with Crippen LogP contribution in [0.3, 0.4) is 0 Å². The molecule has 0 fully saturated rings. The molecule has 2 aromatic rings. The van der Waals surface area contributed by atoms with Gasteiger partial charge in [0.05, 0.1) is 17.4 Å². The second-order valence-electron chi connectivity index (χ2n) is 4.21. The highest BCUT2D eigenvalue weighted by molar-refractivity contribution is 5.21. The summed E-state index contributed by atoms with van der Waals surface area (Å²) in [5.74, 6) is 0. The molecule has 0 aliphatic heterocycles. The molecule has 2 aromatic heterocycles. The minimum absolute atomic E-state index is 0.119. The van der Waals surface area contributed by atoms with E-state index in [1.165, 1.54) is 5.69 Å². The van der Waals surface area contributed by atoms with E-state index in [0.717, 1.165) is 25.2 Å². The molecule has 1 unspecified atom stereocenters. The van der Waals surface area contributed by atoms with Crippen molar-refractivity contribution >= 4 is 0 Å². The van der Waals surface area contributed by atoms with Crippen LogP contribution in [0.25, 0.3) is 0 Å². The molecule has 0 amide bonds. The van der Waals surface area contributed by atoms with E-state index in [0.29, 0.717) is 0 Å². The average Bonchev–Trinajstić information content (AvgIpc) is 2.89. The highest BCUT2D eigenvalue weighted by Gasteiger charge is 2.17. The van der Waals surface area contributed by atoms with E-state index in [2.05, 4.69) is 41.4 Å². The average molecular weight is 244 g/mol. The van der Waals surface area contributed by atoms with E-state index < -0.39 is 0 Å². The smallest absolute Gasteiger partial charge is 0.0921 e. The second kappa shape index (κ2) is 6.31. The Morgan fingerprint density at radius 2 is 2.11 bits per heavy atom. The predicted molar refractivity (Wildman–Crippen MR) is 72.3 cm³/mol. The van der Waals surface area contributed by atoms with E-state index in [9.17, 15) is 0 Å². The first-order valence-electron chi connectivity index (χ1n) is 6.52. The molecule has 0 aliphatic rings. The fourth-order valence-corrected chi connectivity index (χ4v) is 2.05. The summed E-state index contributed by atoms with van der Waals surface area (Å²) in [5.41, 5.74) is 2.21. The van der Waals surface area contributed by atoms with Crippen LogP contribution in [0.15, 0.2) is 36.7 Å². The second-order valence-corrected chi connectivity index (χ2v) is 4.21. The van der Waals surface area contributed by atoms with Crippen LogP contribution < -0.4 is 5.32 Å². The third-order valence-electron chi connectivity index (χ3n) is 2.93. The first-order valence-corrected chi connectivity index (χ1v) is 6.52. The lowest BCUT2D eigenvalue weighted by Gasteiger charge is -2.19. The van der Waals surface area contributed by atoms with E-state index in [-0.39, 0.29) is 6.04 Å². The van der Waals surface area contributed by atoms with Gasteiger partial charge in [0.2, 0.25) is 0 Å². The molecule has 18 heavy (non-hydrogen) atoms. The zero-order chi connectivity index (χ0) is 12.8. The maximum absolute atomic E-state index is 4.46. The van der Waals surface area contributed by atoms with Gasteiger partial charge in [-0.1, -0.05) is 13.0 Å². The van der Waals surface area contributed by atoms with Gasteiger partial charge in [0.1, 0.15) is 0 Å². The molecule has 1 atom stereocenters. The molecule has 0 aromatic carbocycles. The number of hydrogen-bond acceptors (Lipinski definition) is 3. The molecule has 0 radical (unpaired) electrons. The lowest BCUT2D eigenvalue weighted by Crippen LogP contribution is -2.26. The monoisotopic (exact) mass is 244 g/mol. The molecule has 4 heteroatoms. The summed E-state index contributed by atoms with van der Waals surface area (Å²) < 4.78 is 2.02. The number of rotatable bonds is 6. The van der Waals surface area contributed by atoms with E-state index >= 15 is 0 Å². The molecule has 0 spiro atoms. The molecule has 2 rings (SSSR count). The number of hydrogen-bond donors (Lipinski definition) is 1. The molecule has 0 bridgehead atoms. The Morgan fingerprint density at radius 3 is 2.78 bits per heavy atom. The van der Waals surface area contributed by atoms with Gasteiger partial charge in [0, 0.05) is 18.9 Å². The van der Waals surface area contributed by atoms with Crippen molar-refractivity contribution in [3.8, 4) is 0 Å². The Hall–Kier alpha value is -1.68. The van der Waals surface area contributed by atoms with Crippen LogP contribution >= 0.6 is 0 Å². The minimum Gasteiger partial charge on any atom is -0.304 e. The fourth-order valence-electron chi connectivity index (χ4n) is 2.05. The van der Waals surface area contributed by atoms with Gasteiger partial charge in [0.25, 0.3) is 0 Å². The Morgan fingerprint density at radius 1 is 1.22 bits per heavy atom. The van der Waals surface area contributed by atoms with Gasteiger partial charge in [-0.2, -0.15) is 5.10 Å². The van der Waals surface area contributed by atoms with Crippen LogP contribution in [0, 0.1) is 0 Å². The lowest BCUT2D eigenvalue weighted by atomic mass is 10.1. The Bertz CT molecular complexity index is 464. The van der Waals surface area contributed by atoms with E-state index in [1.54, 1.807) is 0 Å². The highest BCUT2D eigenvalue weighted by atomic mass is 15.3. The Kier molecular flexibility index (Phi) is 4.47. The molecule has 1 N–H and O–H groups in total. The predicted octanol–water partition coefficient (Wildman–Crippen LogP) is 2.39. The molecule has 0 aliphatic carbocycles. The highest BCUT2D eigenvalue weighted by Crippen LogP contribution is 2.19. The quantitative estimate of drug-likeness (QED) is 0.848. The summed E-state index contributed by atoms with van der Waals surface area (Å²) in [6.07, 6.45) is 4.79. The molecule has 0 saturated heterocycles. The largest absolute Gasteiger partial charge is 0.304 e. The molecule has 4 nitrogen and oxygen atoms in total. The zero-order valence-corrected chi connectivity index (χ0v) is 11.0. The van der Waals surface area contributed by atoms with Crippen LogP contribution in [0.2, 0.25) is 0 Å². The first kappa shape index (κ1) is 12.8. The van der Waals surface area contributed by atoms with Crippen molar-refractivity contribution in [1.29, 1.82) is 0 Å². The Balaban J connectivity index is 2.31. The minimum atomic E-state index is 0.119. The molecule has 2 heterocycles. The molecular formula is C14H20N4. The first-order chi connectivity index (χ1) is 8.86. The van der Waals surface area contributed by atoms with Crippen molar-refractivity contribution < 1.29 is 0 Å². The van der Waals surface area contributed by atoms with E-state index in [4.69, 9.17) is 0 Å². The van der Waals surface area contributed by atoms with Gasteiger partial charge in [-0.25, -0.2) is 0 Å². The number of aryl methyl sites for hydroxylation is 1. The number of pyridine rings is 1. The van der Waals surface area contributed by atoms with Crippen molar-refractivity contribution in [1.82, 2.24) is 20.1 Å². The number of aromatic nitrogens is 3. The summed E-state index contributed by atoms with van der Waals surface area (Å²) in [6.45, 7) is 6.11. The topological polar surface area (TPSA) is 42.7 Å². The summed E-state index contributed by atoms with van der Waals surface area (Å²) in [7, 11) is 0. The van der Waals surface area contributed by atoms with Crippen molar-refractivity contribution in [3.63, 3.8) is 0 Å². The van der Waals surface area contributed by atoms with Crippen LogP contribution in [0.4, 0.5) is 0 Å². The molecular weight excluding hydrogens is 224 g/mol. The summed E-state index contributed by atoms with van der Waals surface area (Å²) >= 11 is 0. The van der Waals surface area contributed by atoms with Gasteiger partial charge in [-0.05, 0) is 38.1 Å². The number of nitrogens with zero attached hydrogens (tertiary/aromatic N) is 3.